The summed E-state index contributed by atoms with van der Waals surface area (Å²) in [5.74, 6) is -0.876. The van der Waals surface area contributed by atoms with E-state index in [-0.39, 0.29) is 0 Å². The number of carbonyl (C=O) groups is 1. The van der Waals surface area contributed by atoms with Crippen LogP contribution in [0, 0.1) is 0 Å². The molecular formula is C9H9IN2O2S. The summed E-state index contributed by atoms with van der Waals surface area (Å²) >= 11 is 2.18. The Labute approximate surface area is 104 Å². The number of nitrogens with zero attached hydrogens (tertiary/aromatic N) is 2. The number of hydrogen-bond acceptors (Lipinski definition) is 3. The average Bonchev–Trinajstić information content (AvgIpc) is 2.58. The van der Waals surface area contributed by atoms with Crippen molar-refractivity contribution in [3.8, 4) is 0 Å². The molecule has 6 heteroatoms. The second-order valence-electron chi connectivity index (χ2n) is 3.33. The number of aliphatic carboxylic acids is 1. The molecule has 80 valence electrons. The Morgan fingerprint density at radius 3 is 3.00 bits per heavy atom. The highest BCUT2D eigenvalue weighted by atomic mass is 127. The molecule has 0 saturated heterocycles. The van der Waals surface area contributed by atoms with Crippen molar-refractivity contribution in [3.05, 3.63) is 29.7 Å². The van der Waals surface area contributed by atoms with Gasteiger partial charge in [-0.1, -0.05) is 0 Å². The molecule has 0 radical (unpaired) electrons. The van der Waals surface area contributed by atoms with E-state index in [2.05, 4.69) is 21.2 Å². The van der Waals surface area contributed by atoms with E-state index in [0.717, 1.165) is 17.8 Å². The minimum absolute atomic E-state index is 0.364. The number of aromatic nitrogens is 1. The van der Waals surface area contributed by atoms with Crippen LogP contribution in [0.15, 0.2) is 18.5 Å². The van der Waals surface area contributed by atoms with Gasteiger partial charge in [-0.3, -0.25) is 3.97 Å². The van der Waals surface area contributed by atoms with Crippen LogP contribution in [-0.4, -0.2) is 27.0 Å². The van der Waals surface area contributed by atoms with Crippen LogP contribution in [0.5, 0.6) is 0 Å². The first-order valence-corrected chi connectivity index (χ1v) is 7.60. The van der Waals surface area contributed by atoms with E-state index < -0.39 is 5.97 Å². The summed E-state index contributed by atoms with van der Waals surface area (Å²) in [6.07, 6.45) is 3.57. The first-order valence-electron chi connectivity index (χ1n) is 4.28. The van der Waals surface area contributed by atoms with Gasteiger partial charge in [0.25, 0.3) is 0 Å². The van der Waals surface area contributed by atoms with Crippen molar-refractivity contribution >= 4 is 41.9 Å². The highest BCUT2D eigenvalue weighted by Crippen LogP contribution is 2.31. The number of hydrogen-bond donors (Lipinski definition) is 1. The Bertz CT molecular complexity index is 441. The largest absolute Gasteiger partial charge is 0.478 e. The Morgan fingerprint density at radius 1 is 1.67 bits per heavy atom. The van der Waals surface area contributed by atoms with E-state index in [0.29, 0.717) is 5.57 Å². The van der Waals surface area contributed by atoms with Gasteiger partial charge in [-0.05, 0) is 6.07 Å². The quantitative estimate of drug-likeness (QED) is 0.841. The fourth-order valence-corrected chi connectivity index (χ4v) is 3.11. The van der Waals surface area contributed by atoms with Gasteiger partial charge in [-0.15, -0.1) is 0 Å². The molecule has 1 aromatic heterocycles. The van der Waals surface area contributed by atoms with Crippen molar-refractivity contribution in [1.29, 1.82) is 0 Å². The Hall–Kier alpha value is -0.630. The molecule has 4 nitrogen and oxygen atoms in total. The lowest BCUT2D eigenvalue weighted by Crippen LogP contribution is -2.20. The van der Waals surface area contributed by atoms with Crippen molar-refractivity contribution in [2.75, 3.05) is 7.05 Å². The van der Waals surface area contributed by atoms with Gasteiger partial charge in [0, 0.05) is 55.3 Å². The van der Waals surface area contributed by atoms with Gasteiger partial charge >= 0.3 is 5.97 Å². The van der Waals surface area contributed by atoms with Gasteiger partial charge in [0.05, 0.1) is 17.8 Å². The van der Waals surface area contributed by atoms with E-state index in [1.165, 1.54) is 0 Å². The number of fused-ring (bicyclic) bond motifs is 1. The molecule has 1 aliphatic heterocycles. The first kappa shape index (κ1) is 10.9. The summed E-state index contributed by atoms with van der Waals surface area (Å²) in [5, 5.41) is 9.07. The van der Waals surface area contributed by atoms with Crippen molar-refractivity contribution in [3.63, 3.8) is 0 Å². The summed E-state index contributed by atoms with van der Waals surface area (Å²) in [7, 11) is 3.42. The van der Waals surface area contributed by atoms with Crippen molar-refractivity contribution in [2.45, 2.75) is 6.54 Å². The molecule has 0 aliphatic carbocycles. The summed E-state index contributed by atoms with van der Waals surface area (Å²) in [6.45, 7) is 0.745. The van der Waals surface area contributed by atoms with E-state index >= 15 is 0 Å². The van der Waals surface area contributed by atoms with Crippen molar-refractivity contribution in [2.24, 2.45) is 0 Å². The number of carboxylic acid groups (broad SMARTS) is 1. The lowest BCUT2D eigenvalue weighted by Gasteiger charge is -2.22. The summed E-state index contributed by atoms with van der Waals surface area (Å²) in [6, 6.07) is 1.86. The predicted octanol–water partition coefficient (Wildman–Crippen LogP) is 2.21. The van der Waals surface area contributed by atoms with Gasteiger partial charge in [0.15, 0.2) is 0 Å². The average molecular weight is 336 g/mol. The Morgan fingerprint density at radius 2 is 2.40 bits per heavy atom. The topological polar surface area (TPSA) is 45.5 Å². The molecule has 0 saturated carbocycles. The van der Waals surface area contributed by atoms with Crippen LogP contribution in [0.3, 0.4) is 0 Å². The molecule has 1 aromatic rings. The first-order chi connectivity index (χ1) is 7.13. The molecule has 2 heterocycles. The smallest absolute Gasteiger partial charge is 0.337 e. The third kappa shape index (κ3) is 1.87. The molecule has 1 aliphatic rings. The molecule has 0 unspecified atom stereocenters. The highest BCUT2D eigenvalue weighted by Gasteiger charge is 2.23. The summed E-state index contributed by atoms with van der Waals surface area (Å²) < 4.78 is 1.99. The lowest BCUT2D eigenvalue weighted by molar-refractivity contribution is -0.130. The van der Waals surface area contributed by atoms with Crippen molar-refractivity contribution in [1.82, 2.24) is 8.87 Å². The molecule has 0 aromatic carbocycles. The number of halogens is 1. The van der Waals surface area contributed by atoms with Gasteiger partial charge in [-0.2, -0.15) is 0 Å². The fourth-order valence-electron chi connectivity index (χ4n) is 1.65. The molecule has 1 N–H and O–H groups in total. The van der Waals surface area contributed by atoms with Crippen LogP contribution in [0.25, 0.3) is 5.57 Å². The van der Waals surface area contributed by atoms with Crippen LogP contribution in [0.1, 0.15) is 11.3 Å². The molecule has 0 bridgehead atoms. The zero-order valence-electron chi connectivity index (χ0n) is 7.98. The lowest BCUT2D eigenvalue weighted by atomic mass is 10.0. The molecule has 0 fully saturated rings. The zero-order chi connectivity index (χ0) is 11.0. The standard InChI is InChI=1S/C9H9IN2O2S/c1-11-4-7(9(13)14)6-2-3-12(15-10)8(6)5-11/h2-4H,5H2,1H3,(H,13,14). The van der Waals surface area contributed by atoms with Crippen LogP contribution in [-0.2, 0) is 11.3 Å². The number of rotatable bonds is 2. The van der Waals surface area contributed by atoms with Crippen LogP contribution in [0.4, 0.5) is 0 Å². The molecule has 0 amide bonds. The van der Waals surface area contributed by atoms with Gasteiger partial charge in [0.2, 0.25) is 0 Å². The van der Waals surface area contributed by atoms with Gasteiger partial charge in [0.1, 0.15) is 0 Å². The summed E-state index contributed by atoms with van der Waals surface area (Å²) in [5.41, 5.74) is 2.23. The van der Waals surface area contributed by atoms with Gasteiger partial charge < -0.3 is 10.0 Å². The fraction of sp³-hybridized carbons (Fsp3) is 0.222. The highest BCUT2D eigenvalue weighted by molar-refractivity contribution is 14.2. The Kier molecular flexibility index (Phi) is 2.96. The van der Waals surface area contributed by atoms with E-state index in [4.69, 9.17) is 5.11 Å². The normalized spacial score (nSPS) is 14.8. The SMILES string of the molecule is CN1C=C(C(=O)O)c2ccn(SI)c2C1. The maximum absolute atomic E-state index is 11.0. The molecule has 15 heavy (non-hydrogen) atoms. The maximum atomic E-state index is 11.0. The van der Waals surface area contributed by atoms with E-state index in [9.17, 15) is 4.79 Å². The second-order valence-corrected chi connectivity index (χ2v) is 5.05. The van der Waals surface area contributed by atoms with Gasteiger partial charge in [-0.25, -0.2) is 4.79 Å². The van der Waals surface area contributed by atoms with Crippen LogP contribution in [0.2, 0.25) is 0 Å². The second kappa shape index (κ2) is 4.09. The maximum Gasteiger partial charge on any atom is 0.337 e. The third-order valence-electron chi connectivity index (χ3n) is 2.30. The van der Waals surface area contributed by atoms with Crippen LogP contribution >= 0.6 is 30.3 Å². The van der Waals surface area contributed by atoms with Crippen molar-refractivity contribution < 1.29 is 9.90 Å². The molecular weight excluding hydrogens is 327 g/mol. The predicted molar refractivity (Wildman–Crippen MR) is 68.5 cm³/mol. The monoisotopic (exact) mass is 336 g/mol. The molecule has 2 rings (SSSR count). The summed E-state index contributed by atoms with van der Waals surface area (Å²) in [4.78, 5) is 12.9. The third-order valence-corrected chi connectivity index (χ3v) is 4.06. The number of carboxylic acids is 1. The minimum atomic E-state index is -0.876. The Balaban J connectivity index is 2.53. The van der Waals surface area contributed by atoms with E-state index in [1.807, 2.05) is 28.2 Å². The van der Waals surface area contributed by atoms with E-state index in [1.54, 1.807) is 15.3 Å². The molecule has 0 spiro atoms. The molecule has 0 atom stereocenters. The van der Waals surface area contributed by atoms with Crippen LogP contribution < -0.4 is 0 Å². The zero-order valence-corrected chi connectivity index (χ0v) is 10.9. The minimum Gasteiger partial charge on any atom is -0.478 e.